The SMILES string of the molecule is O=C(NCc1nccnc1-c1ccsc1)c1ccc(-c2ccsc2)cc1. The zero-order valence-electron chi connectivity index (χ0n) is 13.8. The van der Waals surface area contributed by atoms with E-state index in [4.69, 9.17) is 0 Å². The van der Waals surface area contributed by atoms with E-state index in [0.717, 1.165) is 22.5 Å². The number of nitrogens with one attached hydrogen (secondary N) is 1. The maximum absolute atomic E-state index is 12.5. The van der Waals surface area contributed by atoms with Crippen LogP contribution in [0.25, 0.3) is 22.4 Å². The van der Waals surface area contributed by atoms with Crippen molar-refractivity contribution >= 4 is 28.6 Å². The average Bonchev–Trinajstić information content (AvgIpc) is 3.40. The molecule has 0 unspecified atom stereocenters. The van der Waals surface area contributed by atoms with Crippen molar-refractivity contribution in [3.8, 4) is 22.4 Å². The van der Waals surface area contributed by atoms with Crippen molar-refractivity contribution < 1.29 is 4.79 Å². The molecule has 0 saturated heterocycles. The first kappa shape index (κ1) is 16.6. The minimum absolute atomic E-state index is 0.121. The van der Waals surface area contributed by atoms with Gasteiger partial charge in [-0.25, -0.2) is 0 Å². The molecule has 0 saturated carbocycles. The van der Waals surface area contributed by atoms with Gasteiger partial charge in [-0.15, -0.1) is 0 Å². The molecule has 0 bridgehead atoms. The van der Waals surface area contributed by atoms with E-state index in [1.165, 1.54) is 5.56 Å². The van der Waals surface area contributed by atoms with Crippen molar-refractivity contribution in [3.05, 3.63) is 81.6 Å². The second-order valence-electron chi connectivity index (χ2n) is 5.64. The molecule has 3 heterocycles. The number of benzene rings is 1. The molecule has 0 fully saturated rings. The quantitative estimate of drug-likeness (QED) is 0.540. The van der Waals surface area contributed by atoms with Gasteiger partial charge in [0.15, 0.2) is 0 Å². The van der Waals surface area contributed by atoms with E-state index in [1.54, 1.807) is 35.1 Å². The van der Waals surface area contributed by atoms with E-state index in [-0.39, 0.29) is 5.91 Å². The molecule has 128 valence electrons. The highest BCUT2D eigenvalue weighted by Gasteiger charge is 2.11. The standard InChI is InChI=1S/C20H15N3OS2/c24-20(15-3-1-14(2-4-15)16-5-9-25-12-16)23-11-18-19(22-8-7-21-18)17-6-10-26-13-17/h1-10,12-13H,11H2,(H,23,24). The Labute approximate surface area is 159 Å². The lowest BCUT2D eigenvalue weighted by Crippen LogP contribution is -2.23. The van der Waals surface area contributed by atoms with Gasteiger partial charge >= 0.3 is 0 Å². The van der Waals surface area contributed by atoms with E-state index in [1.807, 2.05) is 46.5 Å². The molecule has 1 amide bonds. The van der Waals surface area contributed by atoms with Crippen molar-refractivity contribution in [3.63, 3.8) is 0 Å². The summed E-state index contributed by atoms with van der Waals surface area (Å²) >= 11 is 3.27. The highest BCUT2D eigenvalue weighted by Crippen LogP contribution is 2.23. The highest BCUT2D eigenvalue weighted by molar-refractivity contribution is 7.08. The Bertz CT molecular complexity index is 994. The third kappa shape index (κ3) is 3.56. The molecule has 3 aromatic heterocycles. The van der Waals surface area contributed by atoms with Crippen LogP contribution in [-0.4, -0.2) is 15.9 Å². The molecule has 4 rings (SSSR count). The molecule has 0 spiro atoms. The van der Waals surface area contributed by atoms with E-state index >= 15 is 0 Å². The van der Waals surface area contributed by atoms with Gasteiger partial charge in [-0.05, 0) is 51.5 Å². The summed E-state index contributed by atoms with van der Waals surface area (Å²) in [4.78, 5) is 21.2. The van der Waals surface area contributed by atoms with Crippen LogP contribution < -0.4 is 5.32 Å². The van der Waals surface area contributed by atoms with E-state index < -0.39 is 0 Å². The Hall–Kier alpha value is -2.83. The Morgan fingerprint density at radius 2 is 1.54 bits per heavy atom. The topological polar surface area (TPSA) is 54.9 Å². The van der Waals surface area contributed by atoms with Gasteiger partial charge in [0.1, 0.15) is 0 Å². The van der Waals surface area contributed by atoms with Crippen molar-refractivity contribution in [1.29, 1.82) is 0 Å². The molecule has 4 aromatic rings. The number of hydrogen-bond acceptors (Lipinski definition) is 5. The lowest BCUT2D eigenvalue weighted by molar-refractivity contribution is 0.0950. The first-order valence-corrected chi connectivity index (χ1v) is 9.93. The first-order chi connectivity index (χ1) is 12.8. The molecule has 1 aromatic carbocycles. The summed E-state index contributed by atoms with van der Waals surface area (Å²) < 4.78 is 0. The van der Waals surface area contributed by atoms with Gasteiger partial charge in [-0.3, -0.25) is 14.8 Å². The summed E-state index contributed by atoms with van der Waals surface area (Å²) in [6.45, 7) is 0.337. The van der Waals surface area contributed by atoms with Crippen molar-refractivity contribution in [2.45, 2.75) is 6.54 Å². The van der Waals surface area contributed by atoms with Gasteiger partial charge in [0.05, 0.1) is 17.9 Å². The van der Waals surface area contributed by atoms with Crippen LogP contribution in [0.2, 0.25) is 0 Å². The van der Waals surface area contributed by atoms with E-state index in [9.17, 15) is 4.79 Å². The Morgan fingerprint density at radius 3 is 2.23 bits per heavy atom. The fourth-order valence-electron chi connectivity index (χ4n) is 2.65. The normalized spacial score (nSPS) is 10.6. The second-order valence-corrected chi connectivity index (χ2v) is 7.20. The summed E-state index contributed by atoms with van der Waals surface area (Å²) in [5, 5.41) is 11.1. The number of amides is 1. The summed E-state index contributed by atoms with van der Waals surface area (Å²) in [6.07, 6.45) is 3.31. The second kappa shape index (κ2) is 7.59. The largest absolute Gasteiger partial charge is 0.346 e. The van der Waals surface area contributed by atoms with Crippen LogP contribution in [0.15, 0.2) is 70.3 Å². The van der Waals surface area contributed by atoms with Crippen molar-refractivity contribution in [2.75, 3.05) is 0 Å². The Balaban J connectivity index is 1.46. The zero-order chi connectivity index (χ0) is 17.8. The summed E-state index contributed by atoms with van der Waals surface area (Å²) in [7, 11) is 0. The van der Waals surface area contributed by atoms with Gasteiger partial charge in [0, 0.05) is 28.9 Å². The van der Waals surface area contributed by atoms with Crippen molar-refractivity contribution in [1.82, 2.24) is 15.3 Å². The molecule has 0 aliphatic carbocycles. The van der Waals surface area contributed by atoms with Crippen LogP contribution in [0.5, 0.6) is 0 Å². The van der Waals surface area contributed by atoms with Crippen LogP contribution in [0.4, 0.5) is 0 Å². The Morgan fingerprint density at radius 1 is 0.846 bits per heavy atom. The minimum atomic E-state index is -0.121. The van der Waals surface area contributed by atoms with E-state index in [2.05, 4.69) is 26.7 Å². The van der Waals surface area contributed by atoms with Crippen molar-refractivity contribution in [2.24, 2.45) is 0 Å². The third-order valence-corrected chi connectivity index (χ3v) is 5.35. The fraction of sp³-hybridized carbons (Fsp3) is 0.0500. The van der Waals surface area contributed by atoms with Crippen LogP contribution in [0.3, 0.4) is 0 Å². The summed E-state index contributed by atoms with van der Waals surface area (Å²) in [5.74, 6) is -0.121. The van der Waals surface area contributed by atoms with Crippen LogP contribution in [0.1, 0.15) is 16.1 Å². The molecule has 0 aliphatic rings. The third-order valence-electron chi connectivity index (χ3n) is 3.99. The maximum atomic E-state index is 12.5. The molecular formula is C20H15N3OS2. The average molecular weight is 377 g/mol. The first-order valence-electron chi connectivity index (χ1n) is 8.04. The van der Waals surface area contributed by atoms with Crippen LogP contribution >= 0.6 is 22.7 Å². The molecule has 0 aliphatic heterocycles. The van der Waals surface area contributed by atoms with Gasteiger partial charge in [0.25, 0.3) is 5.91 Å². The highest BCUT2D eigenvalue weighted by atomic mass is 32.1. The smallest absolute Gasteiger partial charge is 0.251 e. The monoisotopic (exact) mass is 377 g/mol. The lowest BCUT2D eigenvalue weighted by atomic mass is 10.1. The predicted octanol–water partition coefficient (Wildman–Crippen LogP) is 4.86. The summed E-state index contributed by atoms with van der Waals surface area (Å²) in [5.41, 5.74) is 5.49. The van der Waals surface area contributed by atoms with Crippen LogP contribution in [-0.2, 0) is 6.54 Å². The molecule has 26 heavy (non-hydrogen) atoms. The summed E-state index contributed by atoms with van der Waals surface area (Å²) in [6, 6.07) is 11.7. The lowest BCUT2D eigenvalue weighted by Gasteiger charge is -2.08. The molecule has 1 N–H and O–H groups in total. The fourth-order valence-corrected chi connectivity index (χ4v) is 3.95. The minimum Gasteiger partial charge on any atom is -0.346 e. The van der Waals surface area contributed by atoms with Gasteiger partial charge in [-0.2, -0.15) is 22.7 Å². The molecule has 0 atom stereocenters. The van der Waals surface area contributed by atoms with Gasteiger partial charge in [0.2, 0.25) is 0 Å². The number of aromatic nitrogens is 2. The number of nitrogens with zero attached hydrogens (tertiary/aromatic N) is 2. The number of carbonyl (C=O) groups excluding carboxylic acids is 1. The van der Waals surface area contributed by atoms with E-state index in [0.29, 0.717) is 12.1 Å². The molecule has 0 radical (unpaired) electrons. The number of hydrogen-bond donors (Lipinski definition) is 1. The molecule has 4 nitrogen and oxygen atoms in total. The zero-order valence-corrected chi connectivity index (χ0v) is 15.4. The van der Waals surface area contributed by atoms with Gasteiger partial charge in [-0.1, -0.05) is 12.1 Å². The number of carbonyl (C=O) groups is 1. The Kier molecular flexibility index (Phi) is 4.86. The number of rotatable bonds is 5. The molecule has 6 heteroatoms. The molecular weight excluding hydrogens is 362 g/mol. The maximum Gasteiger partial charge on any atom is 0.251 e. The van der Waals surface area contributed by atoms with Crippen LogP contribution in [0, 0.1) is 0 Å². The predicted molar refractivity (Wildman–Crippen MR) is 106 cm³/mol. The number of thiophene rings is 2. The van der Waals surface area contributed by atoms with Gasteiger partial charge < -0.3 is 5.32 Å².